The lowest BCUT2D eigenvalue weighted by molar-refractivity contribution is -0.154. The van der Waals surface area contributed by atoms with Gasteiger partial charge >= 0.3 is 11.9 Å². The van der Waals surface area contributed by atoms with Crippen LogP contribution in [-0.2, 0) is 28.5 Å². The Hall–Kier alpha value is -1.44. The Kier molecular flexibility index (Phi) is 3.49. The number of ether oxygens (including phenoxy) is 4. The second-order valence-corrected chi connectivity index (χ2v) is 9.37. The molecule has 7 nitrogen and oxygen atoms in total. The van der Waals surface area contributed by atoms with Gasteiger partial charge in [0.1, 0.15) is 29.5 Å². The summed E-state index contributed by atoms with van der Waals surface area (Å²) in [5.74, 6) is -1.42. The maximum Gasteiger partial charge on any atom is 0.334 e. The van der Waals surface area contributed by atoms with Crippen molar-refractivity contribution in [2.45, 2.75) is 69.2 Å². The number of hydrogen-bond acceptors (Lipinski definition) is 7. The van der Waals surface area contributed by atoms with Crippen LogP contribution in [0.2, 0.25) is 0 Å². The summed E-state index contributed by atoms with van der Waals surface area (Å²) in [7, 11) is 0. The van der Waals surface area contributed by atoms with Gasteiger partial charge in [0, 0.05) is 30.3 Å². The van der Waals surface area contributed by atoms with Crippen molar-refractivity contribution in [3.05, 3.63) is 12.2 Å². The average Bonchev–Trinajstić information content (AvgIpc) is 3.44. The third-order valence-electron chi connectivity index (χ3n) is 7.16. The van der Waals surface area contributed by atoms with Crippen LogP contribution in [0, 0.1) is 23.7 Å². The maximum absolute atomic E-state index is 12.4. The standard InChI is InChI=1S/C20H26O7/c1-8(2)5-11(21)25-10-6-20(7-24-20)13-14(19(4)17(27-19)15(13)22)16-12(10)9(3)18(23)26-16/h8,10,12-17,22H,3,5-7H2,1-2,4H3/t10-,12-,13+,14+,15+,16+,17-,19+,20+/m1/s1. The van der Waals surface area contributed by atoms with Crippen molar-refractivity contribution in [2.75, 3.05) is 6.61 Å². The molecule has 3 heterocycles. The number of hydrogen-bond donors (Lipinski definition) is 1. The monoisotopic (exact) mass is 378 g/mol. The molecule has 5 aliphatic rings. The van der Waals surface area contributed by atoms with E-state index in [9.17, 15) is 14.7 Å². The van der Waals surface area contributed by atoms with Crippen molar-refractivity contribution in [1.29, 1.82) is 0 Å². The summed E-state index contributed by atoms with van der Waals surface area (Å²) < 4.78 is 23.2. The number of fused-ring (bicyclic) bond motifs is 6. The molecule has 0 unspecified atom stereocenters. The molecule has 5 rings (SSSR count). The normalized spacial score (nSPS) is 52.1. The summed E-state index contributed by atoms with van der Waals surface area (Å²) in [6.45, 7) is 10.3. The van der Waals surface area contributed by atoms with Gasteiger partial charge in [0.2, 0.25) is 0 Å². The zero-order valence-corrected chi connectivity index (χ0v) is 15.8. The second kappa shape index (κ2) is 5.33. The number of carbonyl (C=O) groups excluding carboxylic acids is 2. The molecule has 3 saturated heterocycles. The smallest absolute Gasteiger partial charge is 0.334 e. The largest absolute Gasteiger partial charge is 0.461 e. The van der Waals surface area contributed by atoms with E-state index in [-0.39, 0.29) is 29.8 Å². The minimum atomic E-state index is -0.680. The quantitative estimate of drug-likeness (QED) is 0.444. The molecular formula is C20H26O7. The molecule has 3 aliphatic heterocycles. The SMILES string of the molecule is C=C1C(=O)O[C@H]2[C@H]1[C@H](OC(=O)CC(C)C)C[C@]1(CO1)[C@@H]1[C@H](O)[C@H]3O[C@@]3(C)[C@H]21. The van der Waals surface area contributed by atoms with Gasteiger partial charge in [-0.2, -0.15) is 0 Å². The summed E-state index contributed by atoms with van der Waals surface area (Å²) in [5.41, 5.74) is -0.766. The van der Waals surface area contributed by atoms with Crippen molar-refractivity contribution < 1.29 is 33.6 Å². The third-order valence-corrected chi connectivity index (χ3v) is 7.16. The number of rotatable bonds is 3. The summed E-state index contributed by atoms with van der Waals surface area (Å²) in [6, 6.07) is 0. The van der Waals surface area contributed by atoms with E-state index in [0.717, 1.165) is 0 Å². The molecule has 2 aliphatic carbocycles. The topological polar surface area (TPSA) is 97.9 Å². The number of carbonyl (C=O) groups is 2. The number of aliphatic hydroxyl groups excluding tert-OH is 1. The van der Waals surface area contributed by atoms with Crippen LogP contribution >= 0.6 is 0 Å². The van der Waals surface area contributed by atoms with E-state index in [1.165, 1.54) is 0 Å². The fraction of sp³-hybridized carbons (Fsp3) is 0.800. The fourth-order valence-electron chi connectivity index (χ4n) is 5.85. The molecule has 5 fully saturated rings. The molecule has 0 radical (unpaired) electrons. The van der Waals surface area contributed by atoms with Gasteiger partial charge in [0.15, 0.2) is 0 Å². The molecule has 1 spiro atoms. The van der Waals surface area contributed by atoms with Crippen LogP contribution < -0.4 is 0 Å². The van der Waals surface area contributed by atoms with Crippen molar-refractivity contribution in [1.82, 2.24) is 0 Å². The third kappa shape index (κ3) is 2.31. The van der Waals surface area contributed by atoms with Crippen LogP contribution in [0.25, 0.3) is 0 Å². The highest BCUT2D eigenvalue weighted by molar-refractivity contribution is 5.91. The highest BCUT2D eigenvalue weighted by atomic mass is 16.6. The predicted molar refractivity (Wildman–Crippen MR) is 91.4 cm³/mol. The first-order valence-corrected chi connectivity index (χ1v) is 9.77. The van der Waals surface area contributed by atoms with Gasteiger partial charge in [0.25, 0.3) is 0 Å². The van der Waals surface area contributed by atoms with E-state index >= 15 is 0 Å². The average molecular weight is 378 g/mol. The lowest BCUT2D eigenvalue weighted by Gasteiger charge is -2.33. The summed E-state index contributed by atoms with van der Waals surface area (Å²) in [6.07, 6.45) is -1.28. The Balaban J connectivity index is 1.52. The van der Waals surface area contributed by atoms with E-state index in [1.54, 1.807) is 0 Å². The molecule has 0 amide bonds. The fourth-order valence-corrected chi connectivity index (χ4v) is 5.85. The lowest BCUT2D eigenvalue weighted by Crippen LogP contribution is -2.44. The molecule has 27 heavy (non-hydrogen) atoms. The number of epoxide rings is 2. The van der Waals surface area contributed by atoms with E-state index in [2.05, 4.69) is 6.58 Å². The Morgan fingerprint density at radius 1 is 1.41 bits per heavy atom. The van der Waals surface area contributed by atoms with Gasteiger partial charge in [-0.1, -0.05) is 20.4 Å². The number of aliphatic hydroxyl groups is 1. The van der Waals surface area contributed by atoms with E-state index in [0.29, 0.717) is 25.0 Å². The second-order valence-electron chi connectivity index (χ2n) is 9.37. The van der Waals surface area contributed by atoms with Gasteiger partial charge in [-0.05, 0) is 12.8 Å². The first-order chi connectivity index (χ1) is 12.7. The van der Waals surface area contributed by atoms with Crippen LogP contribution in [0.4, 0.5) is 0 Å². The highest BCUT2D eigenvalue weighted by Gasteiger charge is 2.81. The maximum atomic E-state index is 12.4. The molecule has 148 valence electrons. The van der Waals surface area contributed by atoms with Crippen molar-refractivity contribution in [2.24, 2.45) is 23.7 Å². The molecule has 0 bridgehead atoms. The van der Waals surface area contributed by atoms with Crippen LogP contribution in [0.3, 0.4) is 0 Å². The molecule has 9 atom stereocenters. The Morgan fingerprint density at radius 2 is 2.11 bits per heavy atom. The van der Waals surface area contributed by atoms with Crippen LogP contribution in [-0.4, -0.2) is 59.3 Å². The predicted octanol–water partition coefficient (Wildman–Crippen LogP) is 0.979. The first-order valence-electron chi connectivity index (χ1n) is 9.77. The minimum absolute atomic E-state index is 0.176. The van der Waals surface area contributed by atoms with Crippen molar-refractivity contribution in [3.63, 3.8) is 0 Å². The highest BCUT2D eigenvalue weighted by Crippen LogP contribution is 2.67. The van der Waals surface area contributed by atoms with Gasteiger partial charge in [-0.25, -0.2) is 4.79 Å². The molecular weight excluding hydrogens is 352 g/mol. The zero-order chi connectivity index (χ0) is 19.3. The summed E-state index contributed by atoms with van der Waals surface area (Å²) >= 11 is 0. The van der Waals surface area contributed by atoms with E-state index in [1.807, 2.05) is 20.8 Å². The molecule has 7 heteroatoms. The van der Waals surface area contributed by atoms with Gasteiger partial charge < -0.3 is 24.1 Å². The Morgan fingerprint density at radius 3 is 2.74 bits per heavy atom. The lowest BCUT2D eigenvalue weighted by atomic mass is 9.76. The van der Waals surface area contributed by atoms with E-state index < -0.39 is 41.4 Å². The summed E-state index contributed by atoms with van der Waals surface area (Å²) in [5, 5.41) is 10.9. The van der Waals surface area contributed by atoms with Gasteiger partial charge in [-0.3, -0.25) is 4.79 Å². The van der Waals surface area contributed by atoms with Crippen molar-refractivity contribution >= 4 is 11.9 Å². The summed E-state index contributed by atoms with van der Waals surface area (Å²) in [4.78, 5) is 24.7. The van der Waals surface area contributed by atoms with Crippen LogP contribution in [0.1, 0.15) is 33.6 Å². The zero-order valence-electron chi connectivity index (χ0n) is 15.8. The van der Waals surface area contributed by atoms with Crippen LogP contribution in [0.5, 0.6) is 0 Å². The molecule has 0 aromatic heterocycles. The Labute approximate surface area is 158 Å². The molecule has 2 saturated carbocycles. The van der Waals surface area contributed by atoms with Crippen molar-refractivity contribution in [3.8, 4) is 0 Å². The van der Waals surface area contributed by atoms with Crippen LogP contribution in [0.15, 0.2) is 12.2 Å². The molecule has 0 aromatic rings. The number of esters is 2. The Bertz CT molecular complexity index is 726. The van der Waals surface area contributed by atoms with Gasteiger partial charge in [0.05, 0.1) is 18.6 Å². The molecule has 1 N–H and O–H groups in total. The van der Waals surface area contributed by atoms with E-state index in [4.69, 9.17) is 18.9 Å². The molecule has 0 aromatic carbocycles. The first kappa shape index (κ1) is 17.6. The minimum Gasteiger partial charge on any atom is -0.461 e. The van der Waals surface area contributed by atoms with Gasteiger partial charge in [-0.15, -0.1) is 0 Å².